The number of rotatable bonds is 7. The van der Waals surface area contributed by atoms with Crippen LogP contribution in [0, 0.1) is 5.41 Å². The molecule has 1 unspecified atom stereocenters. The largest absolute Gasteiger partial charge is 0.319 e. The molecule has 0 amide bonds. The van der Waals surface area contributed by atoms with E-state index in [0.29, 0.717) is 5.41 Å². The first-order chi connectivity index (χ1) is 7.59. The summed E-state index contributed by atoms with van der Waals surface area (Å²) in [4.78, 5) is 0. The van der Waals surface area contributed by atoms with Crippen molar-refractivity contribution in [3.05, 3.63) is 18.0 Å². The molecule has 3 heteroatoms. The second kappa shape index (κ2) is 6.04. The number of nitrogens with zero attached hydrogens (tertiary/aromatic N) is 2. The highest BCUT2D eigenvalue weighted by atomic mass is 15.2. The van der Waals surface area contributed by atoms with Gasteiger partial charge in [0.1, 0.15) is 0 Å². The van der Waals surface area contributed by atoms with Crippen LogP contribution in [0.1, 0.15) is 38.7 Å². The maximum Gasteiger partial charge on any atom is 0.0521 e. The van der Waals surface area contributed by atoms with Crippen LogP contribution in [0.25, 0.3) is 0 Å². The van der Waals surface area contributed by atoms with Crippen molar-refractivity contribution in [1.82, 2.24) is 15.1 Å². The quantitative estimate of drug-likeness (QED) is 0.769. The van der Waals surface area contributed by atoms with Crippen LogP contribution in [0.15, 0.2) is 12.4 Å². The van der Waals surface area contributed by atoms with Gasteiger partial charge in [-0.25, -0.2) is 0 Å². The minimum Gasteiger partial charge on any atom is -0.319 e. The summed E-state index contributed by atoms with van der Waals surface area (Å²) >= 11 is 0. The van der Waals surface area contributed by atoms with Gasteiger partial charge in [-0.1, -0.05) is 20.3 Å². The van der Waals surface area contributed by atoms with Crippen molar-refractivity contribution in [3.8, 4) is 0 Å². The highest BCUT2D eigenvalue weighted by Gasteiger charge is 2.22. The lowest BCUT2D eigenvalue weighted by atomic mass is 9.80. The Morgan fingerprint density at radius 1 is 1.44 bits per heavy atom. The van der Waals surface area contributed by atoms with Crippen LogP contribution in [0.5, 0.6) is 0 Å². The summed E-state index contributed by atoms with van der Waals surface area (Å²) in [7, 11) is 4.01. The van der Waals surface area contributed by atoms with Gasteiger partial charge in [-0.2, -0.15) is 5.10 Å². The lowest BCUT2D eigenvalue weighted by molar-refractivity contribution is 0.262. The third-order valence-electron chi connectivity index (χ3n) is 3.23. The maximum atomic E-state index is 4.21. The fourth-order valence-corrected chi connectivity index (χ4v) is 2.38. The van der Waals surface area contributed by atoms with Crippen LogP contribution in [-0.4, -0.2) is 23.4 Å². The van der Waals surface area contributed by atoms with E-state index >= 15 is 0 Å². The van der Waals surface area contributed by atoms with E-state index in [1.165, 1.54) is 24.8 Å². The molecule has 0 fully saturated rings. The van der Waals surface area contributed by atoms with Gasteiger partial charge in [0.05, 0.1) is 6.20 Å². The summed E-state index contributed by atoms with van der Waals surface area (Å²) in [5, 5.41) is 7.52. The lowest BCUT2D eigenvalue weighted by Gasteiger charge is -2.29. The van der Waals surface area contributed by atoms with E-state index in [9.17, 15) is 0 Å². The zero-order valence-corrected chi connectivity index (χ0v) is 11.1. The fourth-order valence-electron chi connectivity index (χ4n) is 2.38. The Labute approximate surface area is 99.2 Å². The van der Waals surface area contributed by atoms with E-state index in [1.807, 2.05) is 25.0 Å². The van der Waals surface area contributed by atoms with Gasteiger partial charge in [0.25, 0.3) is 0 Å². The smallest absolute Gasteiger partial charge is 0.0521 e. The van der Waals surface area contributed by atoms with Gasteiger partial charge in [-0.15, -0.1) is 0 Å². The van der Waals surface area contributed by atoms with E-state index < -0.39 is 0 Å². The molecule has 1 atom stereocenters. The SMILES string of the molecule is CCCC(C)(CCc1cnn(C)c1)CNC. The number of aromatic nitrogens is 2. The highest BCUT2D eigenvalue weighted by Crippen LogP contribution is 2.28. The molecule has 0 aliphatic heterocycles. The van der Waals surface area contributed by atoms with Gasteiger partial charge >= 0.3 is 0 Å². The van der Waals surface area contributed by atoms with Crippen LogP contribution in [0.4, 0.5) is 0 Å². The molecule has 3 nitrogen and oxygen atoms in total. The van der Waals surface area contributed by atoms with Crippen molar-refractivity contribution >= 4 is 0 Å². The Morgan fingerprint density at radius 2 is 2.19 bits per heavy atom. The molecule has 1 aromatic rings. The number of hydrogen-bond acceptors (Lipinski definition) is 2. The minimum atomic E-state index is 0.416. The second-order valence-electron chi connectivity index (χ2n) is 5.11. The Hall–Kier alpha value is -0.830. The molecule has 0 aliphatic carbocycles. The minimum absolute atomic E-state index is 0.416. The Balaban J connectivity index is 2.49. The van der Waals surface area contributed by atoms with Crippen LogP contribution in [-0.2, 0) is 13.5 Å². The van der Waals surface area contributed by atoms with Gasteiger partial charge in [0.2, 0.25) is 0 Å². The third-order valence-corrected chi connectivity index (χ3v) is 3.23. The summed E-state index contributed by atoms with van der Waals surface area (Å²) in [5.41, 5.74) is 1.76. The first-order valence-electron chi connectivity index (χ1n) is 6.22. The Bertz CT molecular complexity index is 298. The molecule has 0 saturated carbocycles. The van der Waals surface area contributed by atoms with Crippen molar-refractivity contribution in [2.45, 2.75) is 39.5 Å². The third kappa shape index (κ3) is 3.97. The number of aryl methyl sites for hydroxylation is 2. The van der Waals surface area contributed by atoms with Gasteiger partial charge in [-0.05, 0) is 37.3 Å². The van der Waals surface area contributed by atoms with Crippen molar-refractivity contribution in [2.75, 3.05) is 13.6 Å². The van der Waals surface area contributed by atoms with Crippen LogP contribution in [0.3, 0.4) is 0 Å². The average molecular weight is 223 g/mol. The van der Waals surface area contributed by atoms with E-state index in [2.05, 4.69) is 30.5 Å². The van der Waals surface area contributed by atoms with E-state index in [0.717, 1.165) is 13.0 Å². The molecule has 0 bridgehead atoms. The van der Waals surface area contributed by atoms with E-state index in [1.54, 1.807) is 0 Å². The summed E-state index contributed by atoms with van der Waals surface area (Å²) in [6, 6.07) is 0. The molecule has 1 heterocycles. The van der Waals surface area contributed by atoms with Crippen molar-refractivity contribution in [1.29, 1.82) is 0 Å². The van der Waals surface area contributed by atoms with Crippen LogP contribution in [0.2, 0.25) is 0 Å². The molecule has 0 spiro atoms. The van der Waals surface area contributed by atoms with Gasteiger partial charge in [0, 0.05) is 19.8 Å². The molecule has 0 aromatic carbocycles. The maximum absolute atomic E-state index is 4.21. The second-order valence-corrected chi connectivity index (χ2v) is 5.11. The molecular weight excluding hydrogens is 198 g/mol. The summed E-state index contributed by atoms with van der Waals surface area (Å²) in [5.74, 6) is 0. The van der Waals surface area contributed by atoms with Crippen LogP contribution < -0.4 is 5.32 Å². The first-order valence-corrected chi connectivity index (χ1v) is 6.22. The highest BCUT2D eigenvalue weighted by molar-refractivity contribution is 5.04. The monoisotopic (exact) mass is 223 g/mol. The zero-order valence-electron chi connectivity index (χ0n) is 11.1. The molecule has 92 valence electrons. The molecule has 0 radical (unpaired) electrons. The van der Waals surface area contributed by atoms with Gasteiger partial charge < -0.3 is 5.32 Å². The summed E-state index contributed by atoms with van der Waals surface area (Å²) < 4.78 is 1.88. The molecular formula is C13H25N3. The first kappa shape index (κ1) is 13.2. The summed E-state index contributed by atoms with van der Waals surface area (Å²) in [6.07, 6.45) is 9.00. The molecule has 0 saturated heterocycles. The standard InChI is InChI=1S/C13H25N3/c1-5-7-13(2,11-14-3)8-6-12-9-15-16(4)10-12/h9-10,14H,5-8,11H2,1-4H3. The van der Waals surface area contributed by atoms with Crippen molar-refractivity contribution in [3.63, 3.8) is 0 Å². The molecule has 1 aromatic heterocycles. The number of hydrogen-bond donors (Lipinski definition) is 1. The van der Waals surface area contributed by atoms with E-state index in [4.69, 9.17) is 0 Å². The zero-order chi connectivity index (χ0) is 12.0. The molecule has 0 aliphatic rings. The van der Waals surface area contributed by atoms with Crippen LogP contribution >= 0.6 is 0 Å². The van der Waals surface area contributed by atoms with Gasteiger partial charge in [0.15, 0.2) is 0 Å². The van der Waals surface area contributed by atoms with Crippen molar-refractivity contribution in [2.24, 2.45) is 12.5 Å². The van der Waals surface area contributed by atoms with Gasteiger partial charge in [-0.3, -0.25) is 4.68 Å². The molecule has 16 heavy (non-hydrogen) atoms. The average Bonchev–Trinajstić information content (AvgIpc) is 2.62. The normalized spacial score (nSPS) is 15.0. The molecule has 1 rings (SSSR count). The molecule has 1 N–H and O–H groups in total. The van der Waals surface area contributed by atoms with E-state index in [-0.39, 0.29) is 0 Å². The number of nitrogens with one attached hydrogen (secondary N) is 1. The van der Waals surface area contributed by atoms with Crippen molar-refractivity contribution < 1.29 is 0 Å². The fraction of sp³-hybridized carbons (Fsp3) is 0.769. The predicted molar refractivity (Wildman–Crippen MR) is 68.5 cm³/mol. The Kier molecular flexibility index (Phi) is 5.00. The Morgan fingerprint density at radius 3 is 2.69 bits per heavy atom. The lowest BCUT2D eigenvalue weighted by Crippen LogP contribution is -2.30. The predicted octanol–water partition coefficient (Wildman–Crippen LogP) is 2.38. The topological polar surface area (TPSA) is 29.9 Å². The summed E-state index contributed by atoms with van der Waals surface area (Å²) in [6.45, 7) is 5.74.